The predicted octanol–water partition coefficient (Wildman–Crippen LogP) is 2.82. The van der Waals surface area contributed by atoms with Crippen molar-refractivity contribution in [3.63, 3.8) is 0 Å². The van der Waals surface area contributed by atoms with E-state index in [2.05, 4.69) is 55.3 Å². The number of nitrogens with one attached hydrogen (secondary N) is 1. The summed E-state index contributed by atoms with van der Waals surface area (Å²) < 4.78 is 0. The number of benzene rings is 1. The fraction of sp³-hybridized carbons (Fsp3) is 0.600. The Morgan fingerprint density at radius 2 is 1.71 bits per heavy atom. The normalized spacial score (nSPS) is 11.1. The van der Waals surface area contributed by atoms with E-state index < -0.39 is 0 Å². The first kappa shape index (κ1) is 14.2. The van der Waals surface area contributed by atoms with E-state index >= 15 is 0 Å². The van der Waals surface area contributed by atoms with Crippen molar-refractivity contribution in [1.82, 2.24) is 10.2 Å². The Morgan fingerprint density at radius 1 is 1.06 bits per heavy atom. The van der Waals surface area contributed by atoms with Gasteiger partial charge in [-0.1, -0.05) is 43.7 Å². The summed E-state index contributed by atoms with van der Waals surface area (Å²) in [7, 11) is 0. The van der Waals surface area contributed by atoms with Gasteiger partial charge < -0.3 is 10.2 Å². The van der Waals surface area contributed by atoms with E-state index in [1.54, 1.807) is 0 Å². The second-order valence-corrected chi connectivity index (χ2v) is 4.54. The van der Waals surface area contributed by atoms with Crippen molar-refractivity contribution in [3.8, 4) is 0 Å². The van der Waals surface area contributed by atoms with E-state index in [0.29, 0.717) is 0 Å². The molecule has 0 saturated heterocycles. The molecule has 0 saturated carbocycles. The van der Waals surface area contributed by atoms with Crippen molar-refractivity contribution in [2.24, 2.45) is 0 Å². The van der Waals surface area contributed by atoms with Crippen LogP contribution in [-0.2, 0) is 6.54 Å². The van der Waals surface area contributed by atoms with Gasteiger partial charge in [-0.25, -0.2) is 0 Å². The molecule has 0 unspecified atom stereocenters. The van der Waals surface area contributed by atoms with Gasteiger partial charge in [-0.05, 0) is 45.1 Å². The monoisotopic (exact) mass is 234 g/mol. The molecule has 1 aromatic rings. The molecule has 0 atom stereocenters. The van der Waals surface area contributed by atoms with E-state index in [4.69, 9.17) is 0 Å². The number of hydrogen-bond acceptors (Lipinski definition) is 2. The van der Waals surface area contributed by atoms with Crippen LogP contribution < -0.4 is 5.32 Å². The maximum Gasteiger partial charge on any atom is 0.0205 e. The highest BCUT2D eigenvalue weighted by atomic mass is 15.1. The highest BCUT2D eigenvalue weighted by Crippen LogP contribution is 2.02. The molecule has 0 radical (unpaired) electrons. The fourth-order valence-electron chi connectivity index (χ4n) is 1.91. The molecule has 0 bridgehead atoms. The lowest BCUT2D eigenvalue weighted by Crippen LogP contribution is -2.27. The molecule has 0 fully saturated rings. The summed E-state index contributed by atoms with van der Waals surface area (Å²) >= 11 is 0. The first-order chi connectivity index (χ1) is 8.26. The molecule has 0 aliphatic heterocycles. The van der Waals surface area contributed by atoms with Gasteiger partial charge >= 0.3 is 0 Å². The van der Waals surface area contributed by atoms with Gasteiger partial charge in [0.15, 0.2) is 0 Å². The topological polar surface area (TPSA) is 15.3 Å². The second kappa shape index (κ2) is 8.26. The van der Waals surface area contributed by atoms with E-state index in [1.165, 1.54) is 24.1 Å². The average Bonchev–Trinajstić information content (AvgIpc) is 2.36. The molecule has 0 aliphatic rings. The van der Waals surface area contributed by atoms with Crippen LogP contribution in [-0.4, -0.2) is 31.1 Å². The largest absolute Gasteiger partial charge is 0.313 e. The molecule has 0 amide bonds. The van der Waals surface area contributed by atoms with Crippen LogP contribution in [0.25, 0.3) is 0 Å². The number of nitrogens with zero attached hydrogens (tertiary/aromatic N) is 1. The zero-order valence-corrected chi connectivity index (χ0v) is 11.5. The minimum atomic E-state index is 0.985. The molecular formula is C15H26N2. The van der Waals surface area contributed by atoms with Crippen molar-refractivity contribution in [2.45, 2.75) is 33.7 Å². The molecule has 2 heteroatoms. The van der Waals surface area contributed by atoms with Gasteiger partial charge in [0.25, 0.3) is 0 Å². The molecule has 0 spiro atoms. The Balaban J connectivity index is 2.10. The summed E-state index contributed by atoms with van der Waals surface area (Å²) in [6, 6.07) is 8.75. The average molecular weight is 234 g/mol. The lowest BCUT2D eigenvalue weighted by atomic mass is 10.1. The zero-order chi connectivity index (χ0) is 12.5. The van der Waals surface area contributed by atoms with Crippen LogP contribution in [0.4, 0.5) is 0 Å². The summed E-state index contributed by atoms with van der Waals surface area (Å²) in [4.78, 5) is 2.47. The van der Waals surface area contributed by atoms with Gasteiger partial charge in [-0.2, -0.15) is 0 Å². The van der Waals surface area contributed by atoms with Crippen LogP contribution in [0, 0.1) is 6.92 Å². The zero-order valence-electron chi connectivity index (χ0n) is 11.5. The van der Waals surface area contributed by atoms with Gasteiger partial charge in [0.1, 0.15) is 0 Å². The number of rotatable bonds is 8. The van der Waals surface area contributed by atoms with Crippen LogP contribution in [0.5, 0.6) is 0 Å². The van der Waals surface area contributed by atoms with Crippen molar-refractivity contribution in [3.05, 3.63) is 35.4 Å². The number of aryl methyl sites for hydroxylation is 1. The quantitative estimate of drug-likeness (QED) is 0.696. The van der Waals surface area contributed by atoms with Crippen LogP contribution >= 0.6 is 0 Å². The molecular weight excluding hydrogens is 208 g/mol. The Labute approximate surface area is 106 Å². The summed E-state index contributed by atoms with van der Waals surface area (Å²) in [6.45, 7) is 12.2. The minimum Gasteiger partial charge on any atom is -0.313 e. The fourth-order valence-corrected chi connectivity index (χ4v) is 1.91. The molecule has 17 heavy (non-hydrogen) atoms. The van der Waals surface area contributed by atoms with Gasteiger partial charge in [0, 0.05) is 6.54 Å². The smallest absolute Gasteiger partial charge is 0.0205 e. The van der Waals surface area contributed by atoms with Gasteiger partial charge in [0.05, 0.1) is 0 Å². The molecule has 0 aliphatic carbocycles. The SMILES string of the molecule is CCN(CC)CCCNCc1ccc(C)cc1. The highest BCUT2D eigenvalue weighted by Gasteiger charge is 1.97. The van der Waals surface area contributed by atoms with E-state index in [9.17, 15) is 0 Å². The summed E-state index contributed by atoms with van der Waals surface area (Å²) in [6.07, 6.45) is 1.23. The van der Waals surface area contributed by atoms with Crippen LogP contribution in [0.1, 0.15) is 31.4 Å². The third-order valence-corrected chi connectivity index (χ3v) is 3.17. The molecule has 2 nitrogen and oxygen atoms in total. The molecule has 96 valence electrons. The van der Waals surface area contributed by atoms with Crippen molar-refractivity contribution in [2.75, 3.05) is 26.2 Å². The van der Waals surface area contributed by atoms with Gasteiger partial charge in [-0.15, -0.1) is 0 Å². The first-order valence-electron chi connectivity index (χ1n) is 6.74. The van der Waals surface area contributed by atoms with Crippen molar-refractivity contribution in [1.29, 1.82) is 0 Å². The van der Waals surface area contributed by atoms with Crippen LogP contribution in [0.3, 0.4) is 0 Å². The van der Waals surface area contributed by atoms with Gasteiger partial charge in [-0.3, -0.25) is 0 Å². The molecule has 1 N–H and O–H groups in total. The van der Waals surface area contributed by atoms with E-state index in [1.807, 2.05) is 0 Å². The van der Waals surface area contributed by atoms with Gasteiger partial charge in [0.2, 0.25) is 0 Å². The summed E-state index contributed by atoms with van der Waals surface area (Å²) in [5.41, 5.74) is 2.70. The maximum atomic E-state index is 3.50. The Kier molecular flexibility index (Phi) is 6.90. The third-order valence-electron chi connectivity index (χ3n) is 3.17. The molecule has 0 heterocycles. The maximum absolute atomic E-state index is 3.50. The van der Waals surface area contributed by atoms with E-state index in [0.717, 1.165) is 26.2 Å². The third kappa shape index (κ3) is 5.85. The lowest BCUT2D eigenvalue weighted by molar-refractivity contribution is 0.298. The Bertz CT molecular complexity index is 288. The van der Waals surface area contributed by atoms with Crippen LogP contribution in [0.2, 0.25) is 0 Å². The number of hydrogen-bond donors (Lipinski definition) is 1. The molecule has 1 rings (SSSR count). The van der Waals surface area contributed by atoms with Crippen molar-refractivity contribution < 1.29 is 0 Å². The summed E-state index contributed by atoms with van der Waals surface area (Å²) in [5, 5.41) is 3.50. The highest BCUT2D eigenvalue weighted by molar-refractivity contribution is 5.20. The Morgan fingerprint density at radius 3 is 2.29 bits per heavy atom. The Hall–Kier alpha value is -0.860. The second-order valence-electron chi connectivity index (χ2n) is 4.54. The van der Waals surface area contributed by atoms with Crippen molar-refractivity contribution >= 4 is 0 Å². The van der Waals surface area contributed by atoms with Crippen LogP contribution in [0.15, 0.2) is 24.3 Å². The first-order valence-corrected chi connectivity index (χ1v) is 6.74. The standard InChI is InChI=1S/C15H26N2/c1-4-17(5-2)12-6-11-16-13-15-9-7-14(3)8-10-15/h7-10,16H,4-6,11-13H2,1-3H3. The molecule has 0 aromatic heterocycles. The lowest BCUT2D eigenvalue weighted by Gasteiger charge is -2.17. The molecule has 1 aromatic carbocycles. The minimum absolute atomic E-state index is 0.985. The van der Waals surface area contributed by atoms with E-state index in [-0.39, 0.29) is 0 Å². The summed E-state index contributed by atoms with van der Waals surface area (Å²) in [5.74, 6) is 0. The predicted molar refractivity (Wildman–Crippen MR) is 75.3 cm³/mol.